The van der Waals surface area contributed by atoms with Gasteiger partial charge in [-0.05, 0) is 62.9 Å². The van der Waals surface area contributed by atoms with E-state index >= 15 is 0 Å². The van der Waals surface area contributed by atoms with E-state index in [1.54, 1.807) is 0 Å². The quantitative estimate of drug-likeness (QED) is 0.474. The van der Waals surface area contributed by atoms with Crippen LogP contribution in [-0.2, 0) is 6.42 Å². The highest BCUT2D eigenvalue weighted by atomic mass is 79.9. The number of aliphatic imine (C=N–C) groups is 1. The third-order valence-electron chi connectivity index (χ3n) is 5.15. The molecule has 1 aromatic rings. The maximum Gasteiger partial charge on any atom is 0.193 e. The van der Waals surface area contributed by atoms with E-state index in [2.05, 4.69) is 60.3 Å². The smallest absolute Gasteiger partial charge is 0.193 e. The lowest BCUT2D eigenvalue weighted by Gasteiger charge is -2.25. The van der Waals surface area contributed by atoms with E-state index in [9.17, 15) is 0 Å². The van der Waals surface area contributed by atoms with Gasteiger partial charge in [0.05, 0.1) is 0 Å². The largest absolute Gasteiger partial charge is 0.356 e. The van der Waals surface area contributed by atoms with Gasteiger partial charge in [0.15, 0.2) is 5.96 Å². The molecule has 0 saturated carbocycles. The molecule has 2 fully saturated rings. The molecule has 1 atom stereocenters. The summed E-state index contributed by atoms with van der Waals surface area (Å²) in [6.45, 7) is 5.82. The number of benzene rings is 1. The number of guanidine groups is 1. The van der Waals surface area contributed by atoms with Crippen molar-refractivity contribution in [2.45, 2.75) is 38.1 Å². The second-order valence-electron chi connectivity index (χ2n) is 6.84. The van der Waals surface area contributed by atoms with Gasteiger partial charge in [0.2, 0.25) is 0 Å². The third-order valence-corrected chi connectivity index (χ3v) is 5.64. The van der Waals surface area contributed by atoms with E-state index in [1.165, 1.54) is 37.9 Å². The monoisotopic (exact) mass is 392 g/mol. The molecule has 2 heterocycles. The lowest BCUT2D eigenvalue weighted by atomic mass is 10.1. The molecule has 2 saturated heterocycles. The first-order valence-corrected chi connectivity index (χ1v) is 9.99. The summed E-state index contributed by atoms with van der Waals surface area (Å²) in [5.41, 5.74) is 1.39. The number of nitrogens with one attached hydrogen (secondary N) is 1. The van der Waals surface area contributed by atoms with Gasteiger partial charge in [0.1, 0.15) is 0 Å². The first-order chi connectivity index (χ1) is 11.8. The summed E-state index contributed by atoms with van der Waals surface area (Å²) in [5.74, 6) is 1.07. The van der Waals surface area contributed by atoms with E-state index in [0.717, 1.165) is 49.0 Å². The van der Waals surface area contributed by atoms with Gasteiger partial charge in [-0.15, -0.1) is 0 Å². The van der Waals surface area contributed by atoms with Crippen molar-refractivity contribution in [3.63, 3.8) is 0 Å². The summed E-state index contributed by atoms with van der Waals surface area (Å²) in [5, 5.41) is 3.55. The lowest BCUT2D eigenvalue weighted by Crippen LogP contribution is -2.43. The van der Waals surface area contributed by atoms with Crippen molar-refractivity contribution in [1.29, 1.82) is 0 Å². The summed E-state index contributed by atoms with van der Waals surface area (Å²) in [4.78, 5) is 9.60. The second-order valence-corrected chi connectivity index (χ2v) is 7.75. The zero-order chi connectivity index (χ0) is 16.8. The minimum Gasteiger partial charge on any atom is -0.356 e. The fraction of sp³-hybridized carbons (Fsp3) is 0.632. The number of hydrogen-bond donors (Lipinski definition) is 1. The van der Waals surface area contributed by atoms with Crippen molar-refractivity contribution >= 4 is 21.9 Å². The van der Waals surface area contributed by atoms with Crippen LogP contribution in [0.1, 0.15) is 31.2 Å². The summed E-state index contributed by atoms with van der Waals surface area (Å²) in [6, 6.07) is 9.31. The van der Waals surface area contributed by atoms with Crippen LogP contribution in [-0.4, -0.2) is 61.6 Å². The zero-order valence-electron chi connectivity index (χ0n) is 14.7. The van der Waals surface area contributed by atoms with E-state index < -0.39 is 0 Å². The highest BCUT2D eigenvalue weighted by Crippen LogP contribution is 2.20. The fourth-order valence-electron chi connectivity index (χ4n) is 3.86. The van der Waals surface area contributed by atoms with Gasteiger partial charge in [-0.25, -0.2) is 0 Å². The van der Waals surface area contributed by atoms with Crippen LogP contribution in [0.15, 0.2) is 33.7 Å². The number of nitrogens with zero attached hydrogens (tertiary/aromatic N) is 3. The van der Waals surface area contributed by atoms with Gasteiger partial charge in [-0.3, -0.25) is 9.89 Å². The summed E-state index contributed by atoms with van der Waals surface area (Å²) >= 11 is 3.54. The molecule has 0 spiro atoms. The molecule has 2 aliphatic heterocycles. The SMILES string of the molecule is CN=C(NCCCc1cccc(Br)c1)N1CCC(N2CCCC2)C1. The fourth-order valence-corrected chi connectivity index (χ4v) is 4.30. The molecule has 4 nitrogen and oxygen atoms in total. The second kappa shape index (κ2) is 8.86. The number of halogens is 1. The molecule has 0 radical (unpaired) electrons. The predicted molar refractivity (Wildman–Crippen MR) is 105 cm³/mol. The van der Waals surface area contributed by atoms with Gasteiger partial charge in [-0.2, -0.15) is 0 Å². The normalized spacial score (nSPS) is 22.3. The van der Waals surface area contributed by atoms with Gasteiger partial charge in [-0.1, -0.05) is 28.1 Å². The molecule has 0 aromatic heterocycles. The Morgan fingerprint density at radius 2 is 2.12 bits per heavy atom. The molecule has 0 bridgehead atoms. The highest BCUT2D eigenvalue weighted by molar-refractivity contribution is 9.10. The molecule has 2 aliphatic rings. The molecule has 1 aromatic carbocycles. The first-order valence-electron chi connectivity index (χ1n) is 9.20. The summed E-state index contributed by atoms with van der Waals surface area (Å²) in [7, 11) is 1.90. The van der Waals surface area contributed by atoms with E-state index in [1.807, 2.05) is 7.05 Å². The average Bonchev–Trinajstić information content (AvgIpc) is 3.26. The minimum atomic E-state index is 0.729. The maximum absolute atomic E-state index is 4.50. The van der Waals surface area contributed by atoms with Crippen LogP contribution >= 0.6 is 15.9 Å². The van der Waals surface area contributed by atoms with Gasteiger partial charge < -0.3 is 10.2 Å². The summed E-state index contributed by atoms with van der Waals surface area (Å²) < 4.78 is 1.16. The van der Waals surface area contributed by atoms with Crippen LogP contribution in [0.5, 0.6) is 0 Å². The molecule has 0 amide bonds. The van der Waals surface area contributed by atoms with Crippen molar-refractivity contribution in [3.05, 3.63) is 34.3 Å². The van der Waals surface area contributed by atoms with Crippen molar-refractivity contribution in [2.24, 2.45) is 4.99 Å². The Labute approximate surface area is 154 Å². The Morgan fingerprint density at radius 3 is 2.88 bits per heavy atom. The number of rotatable bonds is 5. The Balaban J connectivity index is 1.40. The average molecular weight is 393 g/mol. The van der Waals surface area contributed by atoms with Crippen molar-refractivity contribution in [2.75, 3.05) is 39.8 Å². The standard InChI is InChI=1S/C19H29BrN4/c1-21-19(22-10-5-7-16-6-4-8-17(20)14-16)24-13-9-18(15-24)23-11-2-3-12-23/h4,6,8,14,18H,2-3,5,7,9-13,15H2,1H3,(H,21,22). The van der Waals surface area contributed by atoms with Crippen LogP contribution in [0, 0.1) is 0 Å². The molecule has 5 heteroatoms. The Kier molecular flexibility index (Phi) is 6.55. The Morgan fingerprint density at radius 1 is 1.29 bits per heavy atom. The minimum absolute atomic E-state index is 0.729. The van der Waals surface area contributed by atoms with Gasteiger partial charge in [0.25, 0.3) is 0 Å². The van der Waals surface area contributed by atoms with Crippen LogP contribution in [0.3, 0.4) is 0 Å². The molecule has 1 unspecified atom stereocenters. The molecule has 1 N–H and O–H groups in total. The van der Waals surface area contributed by atoms with Gasteiger partial charge in [0, 0.05) is 37.2 Å². The van der Waals surface area contributed by atoms with Gasteiger partial charge >= 0.3 is 0 Å². The third kappa shape index (κ3) is 4.73. The molecule has 3 rings (SSSR count). The van der Waals surface area contributed by atoms with E-state index in [4.69, 9.17) is 0 Å². The molecular formula is C19H29BrN4. The van der Waals surface area contributed by atoms with Crippen LogP contribution < -0.4 is 5.32 Å². The number of hydrogen-bond acceptors (Lipinski definition) is 2. The Hall–Kier alpha value is -1.07. The van der Waals surface area contributed by atoms with Crippen LogP contribution in [0.25, 0.3) is 0 Å². The predicted octanol–water partition coefficient (Wildman–Crippen LogP) is 3.13. The van der Waals surface area contributed by atoms with Crippen molar-refractivity contribution < 1.29 is 0 Å². The van der Waals surface area contributed by atoms with E-state index in [0.29, 0.717) is 0 Å². The maximum atomic E-state index is 4.50. The van der Waals surface area contributed by atoms with Crippen molar-refractivity contribution in [1.82, 2.24) is 15.1 Å². The molecule has 0 aliphatic carbocycles. The zero-order valence-corrected chi connectivity index (χ0v) is 16.3. The topological polar surface area (TPSA) is 30.9 Å². The highest BCUT2D eigenvalue weighted by Gasteiger charge is 2.30. The van der Waals surface area contributed by atoms with Crippen molar-refractivity contribution in [3.8, 4) is 0 Å². The van der Waals surface area contributed by atoms with Crippen LogP contribution in [0.2, 0.25) is 0 Å². The lowest BCUT2D eigenvalue weighted by molar-refractivity contribution is 0.249. The molecule has 132 valence electrons. The number of aryl methyl sites for hydroxylation is 1. The van der Waals surface area contributed by atoms with E-state index in [-0.39, 0.29) is 0 Å². The molecular weight excluding hydrogens is 364 g/mol. The number of likely N-dealkylation sites (tertiary alicyclic amines) is 2. The van der Waals surface area contributed by atoms with Crippen LogP contribution in [0.4, 0.5) is 0 Å². The Bertz CT molecular complexity index is 554. The summed E-state index contributed by atoms with van der Waals surface area (Å²) in [6.07, 6.45) is 6.25. The first kappa shape index (κ1) is 17.7. The molecule has 24 heavy (non-hydrogen) atoms.